The zero-order valence-electron chi connectivity index (χ0n) is 13.0. The Labute approximate surface area is 135 Å². The molecule has 0 spiro atoms. The van der Waals surface area contributed by atoms with Crippen LogP contribution >= 0.6 is 12.2 Å². The minimum absolute atomic E-state index is 0.00548. The molecule has 1 aliphatic heterocycles. The molecule has 1 heterocycles. The van der Waals surface area contributed by atoms with Crippen LogP contribution in [0.4, 0.5) is 5.69 Å². The summed E-state index contributed by atoms with van der Waals surface area (Å²) in [4.78, 5) is 27.7. The molecule has 118 valence electrons. The maximum Gasteiger partial charge on any atom is 0.308 e. The molecule has 0 bridgehead atoms. The fourth-order valence-corrected chi connectivity index (χ4v) is 2.89. The maximum absolute atomic E-state index is 12.7. The molecule has 22 heavy (non-hydrogen) atoms. The number of methoxy groups -OCH3 is 1. The lowest BCUT2D eigenvalue weighted by atomic mass is 10.1. The number of benzene rings is 1. The SMILES string of the molecule is COC(=O)C[C@H]1C(=O)N(c2ccccc2)C(=S)N1CC(C)C. The zero-order chi connectivity index (χ0) is 16.3. The van der Waals surface area contributed by atoms with Gasteiger partial charge in [-0.05, 0) is 30.3 Å². The Morgan fingerprint density at radius 1 is 1.32 bits per heavy atom. The number of amides is 1. The molecule has 1 aromatic carbocycles. The van der Waals surface area contributed by atoms with Gasteiger partial charge in [0.15, 0.2) is 5.11 Å². The van der Waals surface area contributed by atoms with E-state index in [0.29, 0.717) is 17.6 Å². The van der Waals surface area contributed by atoms with Gasteiger partial charge in [0.05, 0.1) is 19.2 Å². The van der Waals surface area contributed by atoms with Gasteiger partial charge in [-0.3, -0.25) is 14.5 Å². The number of para-hydroxylation sites is 1. The Hall–Kier alpha value is -1.95. The van der Waals surface area contributed by atoms with E-state index in [1.807, 2.05) is 49.1 Å². The highest BCUT2D eigenvalue weighted by Gasteiger charge is 2.44. The lowest BCUT2D eigenvalue weighted by molar-refractivity contribution is -0.143. The van der Waals surface area contributed by atoms with Crippen molar-refractivity contribution in [3.05, 3.63) is 30.3 Å². The average Bonchev–Trinajstić information content (AvgIpc) is 2.71. The molecule has 1 aliphatic rings. The van der Waals surface area contributed by atoms with E-state index in [0.717, 1.165) is 5.69 Å². The van der Waals surface area contributed by atoms with Gasteiger partial charge in [0.1, 0.15) is 6.04 Å². The highest BCUT2D eigenvalue weighted by molar-refractivity contribution is 7.80. The molecule has 0 unspecified atom stereocenters. The number of hydrogen-bond donors (Lipinski definition) is 0. The van der Waals surface area contributed by atoms with Crippen molar-refractivity contribution >= 4 is 34.9 Å². The second-order valence-electron chi connectivity index (χ2n) is 5.63. The van der Waals surface area contributed by atoms with E-state index in [-0.39, 0.29) is 12.3 Å². The predicted molar refractivity (Wildman–Crippen MR) is 88.5 cm³/mol. The van der Waals surface area contributed by atoms with E-state index in [2.05, 4.69) is 0 Å². The molecule has 1 amide bonds. The smallest absolute Gasteiger partial charge is 0.308 e. The third-order valence-electron chi connectivity index (χ3n) is 3.48. The Balaban J connectivity index is 2.33. The first-order valence-electron chi connectivity index (χ1n) is 7.22. The molecule has 0 aromatic heterocycles. The molecular weight excluding hydrogens is 300 g/mol. The first-order valence-corrected chi connectivity index (χ1v) is 7.63. The van der Waals surface area contributed by atoms with E-state index < -0.39 is 12.0 Å². The summed E-state index contributed by atoms with van der Waals surface area (Å²) in [7, 11) is 1.32. The van der Waals surface area contributed by atoms with Gasteiger partial charge in [-0.2, -0.15) is 0 Å². The van der Waals surface area contributed by atoms with Gasteiger partial charge in [-0.1, -0.05) is 32.0 Å². The van der Waals surface area contributed by atoms with E-state index in [1.54, 1.807) is 0 Å². The second-order valence-corrected chi connectivity index (χ2v) is 6.00. The standard InChI is InChI=1S/C16H20N2O3S/c1-11(2)10-17-13(9-14(19)21-3)15(20)18(16(17)22)12-7-5-4-6-8-12/h4-8,11,13H,9-10H2,1-3H3/t13-/m0/s1. The van der Waals surface area contributed by atoms with Crippen LogP contribution in [-0.2, 0) is 14.3 Å². The zero-order valence-corrected chi connectivity index (χ0v) is 13.8. The first-order chi connectivity index (χ1) is 10.5. The molecule has 1 atom stereocenters. The Bertz CT molecular complexity index is 574. The summed E-state index contributed by atoms with van der Waals surface area (Å²) in [5, 5.41) is 0.443. The summed E-state index contributed by atoms with van der Waals surface area (Å²) >= 11 is 5.48. The highest BCUT2D eigenvalue weighted by Crippen LogP contribution is 2.27. The van der Waals surface area contributed by atoms with Crippen molar-refractivity contribution < 1.29 is 14.3 Å². The van der Waals surface area contributed by atoms with E-state index in [4.69, 9.17) is 17.0 Å². The largest absolute Gasteiger partial charge is 0.469 e. The summed E-state index contributed by atoms with van der Waals surface area (Å²) in [6.07, 6.45) is 0.00548. The molecule has 2 rings (SSSR count). The van der Waals surface area contributed by atoms with Crippen molar-refractivity contribution in [1.29, 1.82) is 0 Å². The van der Waals surface area contributed by atoms with Crippen LogP contribution in [0.25, 0.3) is 0 Å². The molecule has 0 radical (unpaired) electrons. The number of carbonyl (C=O) groups is 2. The topological polar surface area (TPSA) is 49.9 Å². The molecule has 1 saturated heterocycles. The summed E-state index contributed by atoms with van der Waals surface area (Å²) in [6.45, 7) is 4.72. The summed E-state index contributed by atoms with van der Waals surface area (Å²) < 4.78 is 4.71. The molecule has 5 nitrogen and oxygen atoms in total. The van der Waals surface area contributed by atoms with Crippen molar-refractivity contribution in [2.75, 3.05) is 18.6 Å². The van der Waals surface area contributed by atoms with Crippen molar-refractivity contribution in [2.45, 2.75) is 26.3 Å². The molecule has 1 aromatic rings. The highest BCUT2D eigenvalue weighted by atomic mass is 32.1. The molecule has 1 fully saturated rings. The van der Waals surface area contributed by atoms with Crippen LogP contribution in [0.15, 0.2) is 30.3 Å². The Morgan fingerprint density at radius 3 is 2.50 bits per heavy atom. The van der Waals surface area contributed by atoms with Gasteiger partial charge in [0, 0.05) is 6.54 Å². The van der Waals surface area contributed by atoms with Crippen LogP contribution in [-0.4, -0.2) is 41.6 Å². The van der Waals surface area contributed by atoms with Crippen molar-refractivity contribution in [2.24, 2.45) is 5.92 Å². The van der Waals surface area contributed by atoms with E-state index in [1.165, 1.54) is 12.0 Å². The van der Waals surface area contributed by atoms with Gasteiger partial charge in [-0.15, -0.1) is 0 Å². The fraction of sp³-hybridized carbons (Fsp3) is 0.438. The number of hydrogen-bond acceptors (Lipinski definition) is 4. The number of nitrogens with zero attached hydrogens (tertiary/aromatic N) is 2. The van der Waals surface area contributed by atoms with Crippen LogP contribution in [0.5, 0.6) is 0 Å². The van der Waals surface area contributed by atoms with Gasteiger partial charge in [0.25, 0.3) is 5.91 Å². The minimum Gasteiger partial charge on any atom is -0.469 e. The molecular formula is C16H20N2O3S. The average molecular weight is 320 g/mol. The lowest BCUT2D eigenvalue weighted by Crippen LogP contribution is -2.39. The summed E-state index contributed by atoms with van der Waals surface area (Å²) in [5.41, 5.74) is 0.721. The monoisotopic (exact) mass is 320 g/mol. The minimum atomic E-state index is -0.595. The van der Waals surface area contributed by atoms with E-state index >= 15 is 0 Å². The van der Waals surface area contributed by atoms with Crippen molar-refractivity contribution in [3.8, 4) is 0 Å². The van der Waals surface area contributed by atoms with Gasteiger partial charge >= 0.3 is 5.97 Å². The third kappa shape index (κ3) is 3.27. The van der Waals surface area contributed by atoms with Gasteiger partial charge in [0.2, 0.25) is 0 Å². The third-order valence-corrected chi connectivity index (χ3v) is 3.90. The number of anilines is 1. The van der Waals surface area contributed by atoms with Crippen molar-refractivity contribution in [1.82, 2.24) is 4.90 Å². The summed E-state index contributed by atoms with van der Waals surface area (Å²) in [5.74, 6) is -0.270. The molecule has 0 aliphatic carbocycles. The Morgan fingerprint density at radius 2 is 1.95 bits per heavy atom. The van der Waals surface area contributed by atoms with E-state index in [9.17, 15) is 9.59 Å². The van der Waals surface area contributed by atoms with Crippen LogP contribution in [0.2, 0.25) is 0 Å². The van der Waals surface area contributed by atoms with Gasteiger partial charge < -0.3 is 9.64 Å². The second kappa shape index (κ2) is 6.87. The molecule has 6 heteroatoms. The van der Waals surface area contributed by atoms with Crippen LogP contribution in [0.1, 0.15) is 20.3 Å². The number of esters is 1. The quantitative estimate of drug-likeness (QED) is 0.615. The molecule has 0 N–H and O–H groups in total. The summed E-state index contributed by atoms with van der Waals surface area (Å²) in [6, 6.07) is 8.65. The maximum atomic E-state index is 12.7. The normalized spacial score (nSPS) is 18.3. The first kappa shape index (κ1) is 16.4. The van der Waals surface area contributed by atoms with Crippen LogP contribution < -0.4 is 4.90 Å². The van der Waals surface area contributed by atoms with Crippen LogP contribution in [0, 0.1) is 5.92 Å². The van der Waals surface area contributed by atoms with Gasteiger partial charge in [-0.25, -0.2) is 0 Å². The number of rotatable bonds is 5. The number of carbonyl (C=O) groups excluding carboxylic acids is 2. The molecule has 0 saturated carbocycles. The van der Waals surface area contributed by atoms with Crippen molar-refractivity contribution in [3.63, 3.8) is 0 Å². The van der Waals surface area contributed by atoms with Crippen LogP contribution in [0.3, 0.4) is 0 Å². The number of thiocarbonyl (C=S) groups is 1. The predicted octanol–water partition coefficient (Wildman–Crippen LogP) is 2.21. The lowest BCUT2D eigenvalue weighted by Gasteiger charge is -2.25. The number of ether oxygens (including phenoxy) is 1. The fourth-order valence-electron chi connectivity index (χ4n) is 2.49. The Kier molecular flexibility index (Phi) is 5.13.